The second-order valence-electron chi connectivity index (χ2n) is 4.30. The van der Waals surface area contributed by atoms with Gasteiger partial charge in [-0.15, -0.1) is 0 Å². The highest BCUT2D eigenvalue weighted by molar-refractivity contribution is 7.91. The summed E-state index contributed by atoms with van der Waals surface area (Å²) >= 11 is 0. The number of nitrogens with one attached hydrogen (secondary N) is 1. The third-order valence-corrected chi connectivity index (χ3v) is 4.55. The van der Waals surface area contributed by atoms with E-state index in [1.807, 2.05) is 0 Å². The monoisotopic (exact) mass is 243 g/mol. The van der Waals surface area contributed by atoms with Gasteiger partial charge < -0.3 is 5.32 Å². The first kappa shape index (κ1) is 11.1. The van der Waals surface area contributed by atoms with E-state index < -0.39 is 15.4 Å². The van der Waals surface area contributed by atoms with E-state index in [-0.39, 0.29) is 17.5 Å². The Kier molecular flexibility index (Phi) is 2.49. The minimum Gasteiger partial charge on any atom is -0.331 e. The maximum absolute atomic E-state index is 11.7. The van der Waals surface area contributed by atoms with Crippen molar-refractivity contribution in [1.29, 1.82) is 0 Å². The minimum absolute atomic E-state index is 0.000434. The maximum atomic E-state index is 11.7. The van der Waals surface area contributed by atoms with Crippen LogP contribution in [-0.4, -0.2) is 41.0 Å². The molecule has 1 amide bonds. The molecule has 1 atom stereocenters. The van der Waals surface area contributed by atoms with Crippen molar-refractivity contribution >= 4 is 15.9 Å². The van der Waals surface area contributed by atoms with Gasteiger partial charge >= 0.3 is 6.03 Å². The molecule has 1 fully saturated rings. The number of amides is 1. The van der Waals surface area contributed by atoms with Crippen LogP contribution in [0.5, 0.6) is 0 Å². The van der Waals surface area contributed by atoms with Gasteiger partial charge in [-0.25, -0.2) is 18.2 Å². The second kappa shape index (κ2) is 3.58. The van der Waals surface area contributed by atoms with Crippen molar-refractivity contribution in [2.45, 2.75) is 18.9 Å². The van der Waals surface area contributed by atoms with E-state index in [0.717, 1.165) is 0 Å². The highest BCUT2D eigenvalue weighted by atomic mass is 32.2. The van der Waals surface area contributed by atoms with Crippen molar-refractivity contribution in [3.05, 3.63) is 18.7 Å². The van der Waals surface area contributed by atoms with Crippen molar-refractivity contribution in [3.8, 4) is 0 Å². The smallest absolute Gasteiger partial charge is 0.327 e. The lowest BCUT2D eigenvalue weighted by Crippen LogP contribution is -2.48. The van der Waals surface area contributed by atoms with E-state index in [4.69, 9.17) is 0 Å². The first-order valence-electron chi connectivity index (χ1n) is 4.91. The molecule has 0 bridgehead atoms. The van der Waals surface area contributed by atoms with Crippen LogP contribution in [0, 0.1) is 0 Å². The molecule has 1 aliphatic heterocycles. The highest BCUT2D eigenvalue weighted by Crippen LogP contribution is 2.22. The lowest BCUT2D eigenvalue weighted by molar-refractivity contribution is 0.232. The summed E-state index contributed by atoms with van der Waals surface area (Å²) in [6.45, 7) is 1.74. The number of rotatable bonds is 1. The maximum Gasteiger partial charge on any atom is 0.327 e. The minimum atomic E-state index is -3.01. The van der Waals surface area contributed by atoms with Gasteiger partial charge in [0.15, 0.2) is 9.84 Å². The molecule has 1 unspecified atom stereocenters. The summed E-state index contributed by atoms with van der Waals surface area (Å²) in [6, 6.07) is -0.350. The molecule has 6 nitrogen and oxygen atoms in total. The van der Waals surface area contributed by atoms with Gasteiger partial charge in [-0.3, -0.25) is 4.57 Å². The lowest BCUT2D eigenvalue weighted by Gasteiger charge is -2.23. The van der Waals surface area contributed by atoms with Crippen LogP contribution in [0.4, 0.5) is 4.79 Å². The quantitative estimate of drug-likeness (QED) is 0.753. The van der Waals surface area contributed by atoms with Gasteiger partial charge in [0.1, 0.15) is 6.33 Å². The molecule has 1 aromatic rings. The molecule has 0 saturated carbocycles. The van der Waals surface area contributed by atoms with E-state index in [0.29, 0.717) is 6.42 Å². The van der Waals surface area contributed by atoms with Crippen LogP contribution in [0.1, 0.15) is 13.3 Å². The molecule has 2 heterocycles. The van der Waals surface area contributed by atoms with Gasteiger partial charge in [0.25, 0.3) is 0 Å². The number of nitrogens with zero attached hydrogens (tertiary/aromatic N) is 2. The predicted molar refractivity (Wildman–Crippen MR) is 57.8 cm³/mol. The third-order valence-electron chi connectivity index (χ3n) is 2.65. The average molecular weight is 243 g/mol. The highest BCUT2D eigenvalue weighted by Gasteiger charge is 2.39. The molecule has 7 heteroatoms. The van der Waals surface area contributed by atoms with Crippen molar-refractivity contribution in [2.24, 2.45) is 0 Å². The number of imidazole rings is 1. The summed E-state index contributed by atoms with van der Waals surface area (Å²) in [6.07, 6.45) is 4.84. The SMILES string of the molecule is CC1(NC(=O)n2ccnc2)CCS(=O)(=O)C1. The number of hydrogen-bond donors (Lipinski definition) is 1. The lowest BCUT2D eigenvalue weighted by atomic mass is 10.0. The number of hydrogen-bond acceptors (Lipinski definition) is 4. The third kappa shape index (κ3) is 2.24. The average Bonchev–Trinajstić information content (AvgIpc) is 2.73. The molecule has 2 rings (SSSR count). The molecule has 16 heavy (non-hydrogen) atoms. The Morgan fingerprint density at radius 1 is 1.56 bits per heavy atom. The molecule has 0 aliphatic carbocycles. The Balaban J connectivity index is 2.09. The van der Waals surface area contributed by atoms with E-state index in [1.165, 1.54) is 23.3 Å². The summed E-state index contributed by atoms with van der Waals surface area (Å²) in [5.41, 5.74) is -0.666. The fraction of sp³-hybridized carbons (Fsp3) is 0.556. The molecule has 1 aromatic heterocycles. The summed E-state index contributed by atoms with van der Waals surface area (Å²) in [4.78, 5) is 15.4. The predicted octanol–water partition coefficient (Wildman–Crippen LogP) is 0.0180. The second-order valence-corrected chi connectivity index (χ2v) is 6.49. The van der Waals surface area contributed by atoms with Crippen LogP contribution in [-0.2, 0) is 9.84 Å². The Bertz CT molecular complexity index is 494. The largest absolute Gasteiger partial charge is 0.331 e. The zero-order chi connectivity index (χ0) is 11.8. The van der Waals surface area contributed by atoms with Crippen LogP contribution in [0.2, 0.25) is 0 Å². The summed E-state index contributed by atoms with van der Waals surface area (Å²) in [5.74, 6) is 0.133. The summed E-state index contributed by atoms with van der Waals surface area (Å²) < 4.78 is 24.0. The Morgan fingerprint density at radius 3 is 2.81 bits per heavy atom. The number of sulfone groups is 1. The first-order valence-corrected chi connectivity index (χ1v) is 6.73. The fourth-order valence-electron chi connectivity index (χ4n) is 1.81. The molecule has 1 aliphatic rings. The van der Waals surface area contributed by atoms with Crippen LogP contribution in [0.3, 0.4) is 0 Å². The van der Waals surface area contributed by atoms with Crippen LogP contribution in [0.25, 0.3) is 0 Å². The normalized spacial score (nSPS) is 27.8. The molecule has 88 valence electrons. The van der Waals surface area contributed by atoms with Crippen molar-refractivity contribution in [1.82, 2.24) is 14.9 Å². The van der Waals surface area contributed by atoms with Crippen molar-refractivity contribution < 1.29 is 13.2 Å². The van der Waals surface area contributed by atoms with E-state index in [1.54, 1.807) is 6.92 Å². The van der Waals surface area contributed by atoms with Crippen LogP contribution in [0.15, 0.2) is 18.7 Å². The molecule has 0 aromatic carbocycles. The fourth-order valence-corrected chi connectivity index (χ4v) is 3.90. The van der Waals surface area contributed by atoms with E-state index in [9.17, 15) is 13.2 Å². The molecule has 0 spiro atoms. The number of aromatic nitrogens is 2. The standard InChI is InChI=1S/C9H13N3O3S/c1-9(2-5-16(14,15)6-9)11-8(13)12-4-3-10-7-12/h3-4,7H,2,5-6H2,1H3,(H,11,13). The van der Waals surface area contributed by atoms with Gasteiger partial charge in [0.05, 0.1) is 17.0 Å². The van der Waals surface area contributed by atoms with Gasteiger partial charge in [-0.05, 0) is 13.3 Å². The van der Waals surface area contributed by atoms with Crippen molar-refractivity contribution in [2.75, 3.05) is 11.5 Å². The van der Waals surface area contributed by atoms with E-state index in [2.05, 4.69) is 10.3 Å². The molecule has 1 N–H and O–H groups in total. The molecule has 1 saturated heterocycles. The Hall–Kier alpha value is -1.37. The van der Waals surface area contributed by atoms with Gasteiger partial charge in [-0.1, -0.05) is 0 Å². The summed E-state index contributed by atoms with van der Waals surface area (Å²) in [5, 5.41) is 2.72. The number of carbonyl (C=O) groups is 1. The Morgan fingerprint density at radius 2 is 2.31 bits per heavy atom. The Labute approximate surface area is 93.6 Å². The van der Waals surface area contributed by atoms with Gasteiger partial charge in [0.2, 0.25) is 0 Å². The molecular formula is C9H13N3O3S. The topological polar surface area (TPSA) is 81.1 Å². The van der Waals surface area contributed by atoms with Gasteiger partial charge in [0, 0.05) is 12.4 Å². The van der Waals surface area contributed by atoms with Crippen LogP contribution >= 0.6 is 0 Å². The molecular weight excluding hydrogens is 230 g/mol. The van der Waals surface area contributed by atoms with Gasteiger partial charge in [-0.2, -0.15) is 0 Å². The number of carbonyl (C=O) groups excluding carboxylic acids is 1. The zero-order valence-electron chi connectivity index (χ0n) is 8.88. The van der Waals surface area contributed by atoms with E-state index >= 15 is 0 Å². The van der Waals surface area contributed by atoms with Crippen LogP contribution < -0.4 is 5.32 Å². The first-order chi connectivity index (χ1) is 7.40. The zero-order valence-corrected chi connectivity index (χ0v) is 9.70. The summed E-state index contributed by atoms with van der Waals surface area (Å²) in [7, 11) is -3.01. The van der Waals surface area contributed by atoms with Crippen molar-refractivity contribution in [3.63, 3.8) is 0 Å². The molecule has 0 radical (unpaired) electrons.